The summed E-state index contributed by atoms with van der Waals surface area (Å²) in [4.78, 5) is 3.02. The van der Waals surface area contributed by atoms with Crippen LogP contribution in [0.3, 0.4) is 0 Å². The molecule has 0 N–H and O–H groups in total. The van der Waals surface area contributed by atoms with Gasteiger partial charge in [0.05, 0.1) is 17.6 Å². The molecule has 0 unspecified atom stereocenters. The summed E-state index contributed by atoms with van der Waals surface area (Å²) in [5.74, 6) is 0.720. The van der Waals surface area contributed by atoms with Crippen LogP contribution in [0.15, 0.2) is 22.7 Å². The second-order valence-corrected chi connectivity index (χ2v) is 2.77. The molecular weight excluding hydrogens is 208 g/mol. The third-order valence-corrected chi connectivity index (χ3v) is 1.87. The quantitative estimate of drug-likeness (QED) is 0.674. The topological polar surface area (TPSA) is 37.4 Å². The van der Waals surface area contributed by atoms with Gasteiger partial charge < -0.3 is 4.74 Å². The molecule has 0 aliphatic heterocycles. The molecule has 0 radical (unpaired) electrons. The van der Waals surface area contributed by atoms with Crippen LogP contribution in [-0.2, 0) is 0 Å². The first kappa shape index (κ1) is 8.02. The van der Waals surface area contributed by atoms with Crippen molar-refractivity contribution in [3.63, 3.8) is 0 Å². The summed E-state index contributed by atoms with van der Waals surface area (Å²) >= 11 is 3.25. The highest BCUT2D eigenvalue weighted by Crippen LogP contribution is 2.28. The van der Waals surface area contributed by atoms with Crippen LogP contribution in [0.4, 0.5) is 5.69 Å². The van der Waals surface area contributed by atoms with Crippen LogP contribution in [-0.4, -0.2) is 7.11 Å². The first-order valence-corrected chi connectivity index (χ1v) is 3.76. The van der Waals surface area contributed by atoms with Crippen molar-refractivity contribution in [2.45, 2.75) is 0 Å². The number of hydrogen-bond donors (Lipinski definition) is 0. The number of benzene rings is 1. The van der Waals surface area contributed by atoms with E-state index >= 15 is 0 Å². The van der Waals surface area contributed by atoms with Gasteiger partial charge in [0.25, 0.3) is 0 Å². The van der Waals surface area contributed by atoms with Crippen molar-refractivity contribution >= 4 is 21.6 Å². The molecule has 0 saturated carbocycles. The second-order valence-electron chi connectivity index (χ2n) is 1.92. The third kappa shape index (κ3) is 1.69. The molecule has 1 rings (SSSR count). The van der Waals surface area contributed by atoms with Crippen LogP contribution >= 0.6 is 15.9 Å². The van der Waals surface area contributed by atoms with Gasteiger partial charge in [-0.3, -0.25) is 0 Å². The summed E-state index contributed by atoms with van der Waals surface area (Å²) in [6.45, 7) is 0. The van der Waals surface area contributed by atoms with Gasteiger partial charge in [-0.2, -0.15) is 0 Å². The zero-order valence-corrected chi connectivity index (χ0v) is 7.50. The van der Waals surface area contributed by atoms with Gasteiger partial charge in [0.1, 0.15) is 5.75 Å². The molecule has 0 fully saturated rings. The molecule has 0 aliphatic carbocycles. The average molecular weight is 214 g/mol. The molecule has 0 aliphatic rings. The summed E-state index contributed by atoms with van der Waals surface area (Å²) in [5, 5.41) is 8.39. The number of rotatable bonds is 1. The number of ether oxygens (including phenoxy) is 1. The summed E-state index contributed by atoms with van der Waals surface area (Å²) in [7, 11) is 1.58. The Kier molecular flexibility index (Phi) is 2.44. The molecule has 4 heteroatoms. The van der Waals surface area contributed by atoms with Gasteiger partial charge in [-0.1, -0.05) is 0 Å². The van der Waals surface area contributed by atoms with Crippen molar-refractivity contribution in [2.75, 3.05) is 7.11 Å². The van der Waals surface area contributed by atoms with Gasteiger partial charge in [0.2, 0.25) is 5.39 Å². The Labute approximate surface area is 72.7 Å². The Balaban J connectivity index is 3.12. The lowest BCUT2D eigenvalue weighted by molar-refractivity contribution is 0.412. The van der Waals surface area contributed by atoms with Crippen LogP contribution in [0.2, 0.25) is 0 Å². The van der Waals surface area contributed by atoms with E-state index in [1.165, 1.54) is 0 Å². The van der Waals surface area contributed by atoms with Crippen molar-refractivity contribution in [2.24, 2.45) is 0 Å². The largest absolute Gasteiger partial charge is 0.496 e. The van der Waals surface area contributed by atoms with E-state index in [1.54, 1.807) is 25.3 Å². The molecule has 3 nitrogen and oxygen atoms in total. The van der Waals surface area contributed by atoms with E-state index < -0.39 is 0 Å². The fourth-order valence-corrected chi connectivity index (χ4v) is 1.25. The SMILES string of the molecule is COc1ccc([N+]#N)cc1Br. The van der Waals surface area contributed by atoms with Gasteiger partial charge >= 0.3 is 5.69 Å². The maximum absolute atomic E-state index is 8.39. The van der Waals surface area contributed by atoms with Crippen LogP contribution < -0.4 is 4.74 Å². The van der Waals surface area contributed by atoms with Crippen LogP contribution in [0.25, 0.3) is 4.98 Å². The summed E-state index contributed by atoms with van der Waals surface area (Å²) in [5.41, 5.74) is 0.498. The molecule has 0 saturated heterocycles. The smallest absolute Gasteiger partial charge is 0.386 e. The molecular formula is C7H6BrN2O+. The van der Waals surface area contributed by atoms with Crippen molar-refractivity contribution in [3.8, 4) is 5.75 Å². The highest BCUT2D eigenvalue weighted by molar-refractivity contribution is 9.10. The van der Waals surface area contributed by atoms with E-state index in [0.29, 0.717) is 5.69 Å². The predicted octanol–water partition coefficient (Wildman–Crippen LogP) is 2.94. The van der Waals surface area contributed by atoms with Gasteiger partial charge in [0, 0.05) is 6.07 Å². The van der Waals surface area contributed by atoms with E-state index in [0.717, 1.165) is 10.2 Å². The number of hydrogen-bond acceptors (Lipinski definition) is 2. The second kappa shape index (κ2) is 3.35. The van der Waals surface area contributed by atoms with E-state index in [-0.39, 0.29) is 0 Å². The van der Waals surface area contributed by atoms with Gasteiger partial charge in [-0.15, -0.1) is 0 Å². The standard InChI is InChI=1S/C7H6BrN2O/c1-11-7-3-2-5(10-9)4-6(7)8/h2-4H,1H3/q+1. The zero-order chi connectivity index (χ0) is 8.27. The molecule has 0 amide bonds. The van der Waals surface area contributed by atoms with E-state index in [4.69, 9.17) is 10.1 Å². The first-order valence-electron chi connectivity index (χ1n) is 2.96. The minimum absolute atomic E-state index is 0.498. The number of halogens is 1. The van der Waals surface area contributed by atoms with Crippen molar-refractivity contribution < 1.29 is 4.74 Å². The fourth-order valence-electron chi connectivity index (χ4n) is 0.717. The number of nitrogens with zero attached hydrogens (tertiary/aromatic N) is 2. The molecule has 0 atom stereocenters. The molecule has 1 aromatic rings. The Hall–Kier alpha value is -1.08. The maximum Gasteiger partial charge on any atom is 0.386 e. The number of diazo groups is 1. The van der Waals surface area contributed by atoms with Gasteiger partial charge in [-0.05, 0) is 22.0 Å². The molecule has 0 spiro atoms. The van der Waals surface area contributed by atoms with Crippen molar-refractivity contribution in [1.82, 2.24) is 0 Å². The van der Waals surface area contributed by atoms with Crippen LogP contribution in [0.5, 0.6) is 5.75 Å². The van der Waals surface area contributed by atoms with Crippen LogP contribution in [0, 0.1) is 5.39 Å². The third-order valence-electron chi connectivity index (χ3n) is 1.25. The summed E-state index contributed by atoms with van der Waals surface area (Å²) < 4.78 is 5.75. The molecule has 1 aromatic carbocycles. The predicted molar refractivity (Wildman–Crippen MR) is 45.4 cm³/mol. The fraction of sp³-hybridized carbons (Fsp3) is 0.143. The highest BCUT2D eigenvalue weighted by atomic mass is 79.9. The Morgan fingerprint density at radius 2 is 2.27 bits per heavy atom. The summed E-state index contributed by atoms with van der Waals surface area (Å²) in [6, 6.07) is 5.04. The Bertz CT molecular complexity index is 306. The van der Waals surface area contributed by atoms with E-state index in [1.807, 2.05) is 0 Å². The summed E-state index contributed by atoms with van der Waals surface area (Å²) in [6.07, 6.45) is 0. The highest BCUT2D eigenvalue weighted by Gasteiger charge is 2.07. The molecule has 0 bridgehead atoms. The average Bonchev–Trinajstić information content (AvgIpc) is 2.04. The van der Waals surface area contributed by atoms with E-state index in [9.17, 15) is 0 Å². The lowest BCUT2D eigenvalue weighted by Gasteiger charge is -1.98. The minimum Gasteiger partial charge on any atom is -0.496 e. The minimum atomic E-state index is 0.498. The Morgan fingerprint density at radius 1 is 1.55 bits per heavy atom. The van der Waals surface area contributed by atoms with Crippen molar-refractivity contribution in [1.29, 1.82) is 5.39 Å². The molecule has 56 valence electrons. The lowest BCUT2D eigenvalue weighted by atomic mass is 10.3. The molecule has 0 heterocycles. The number of methoxy groups -OCH3 is 1. The zero-order valence-electron chi connectivity index (χ0n) is 5.91. The molecule has 11 heavy (non-hydrogen) atoms. The monoisotopic (exact) mass is 213 g/mol. The Morgan fingerprint density at radius 3 is 2.73 bits per heavy atom. The normalized spacial score (nSPS) is 8.82. The van der Waals surface area contributed by atoms with Crippen LogP contribution in [0.1, 0.15) is 0 Å². The maximum atomic E-state index is 8.39. The van der Waals surface area contributed by atoms with Gasteiger partial charge in [-0.25, -0.2) is 0 Å². The van der Waals surface area contributed by atoms with E-state index in [2.05, 4.69) is 20.9 Å². The molecule has 0 aromatic heterocycles. The first-order chi connectivity index (χ1) is 5.27. The van der Waals surface area contributed by atoms with Crippen molar-refractivity contribution in [3.05, 3.63) is 27.6 Å². The van der Waals surface area contributed by atoms with Gasteiger partial charge in [0.15, 0.2) is 4.98 Å². The lowest BCUT2D eigenvalue weighted by Crippen LogP contribution is -1.82.